The van der Waals surface area contributed by atoms with Crippen LogP contribution in [0.15, 0.2) is 48.5 Å². The van der Waals surface area contributed by atoms with E-state index in [1.54, 1.807) is 76.2 Å². The molecule has 298 valence electrons. The van der Waals surface area contributed by atoms with E-state index in [0.29, 0.717) is 22.3 Å². The summed E-state index contributed by atoms with van der Waals surface area (Å²) in [6, 6.07) is 13.3. The monoisotopic (exact) mass is 819 g/mol. The van der Waals surface area contributed by atoms with E-state index >= 15 is 0 Å². The average Bonchev–Trinajstić information content (AvgIpc) is 3.83. The maximum Gasteiger partial charge on any atom is 1.00 e. The molecule has 0 radical (unpaired) electrons. The molecule has 0 aliphatic carbocycles. The van der Waals surface area contributed by atoms with E-state index in [-0.39, 0.29) is 85.2 Å². The van der Waals surface area contributed by atoms with E-state index in [0.717, 1.165) is 11.2 Å². The van der Waals surface area contributed by atoms with Crippen molar-refractivity contribution in [3.05, 3.63) is 76.1 Å². The molecule has 2 aromatic carbocycles. The van der Waals surface area contributed by atoms with Crippen molar-refractivity contribution >= 4 is 33.7 Å². The molecular formula is C36H47KN2O15S. The SMILES string of the molecule is C.CC1(C)O[C@@H]2[C@H](CN3C(=O)c4ccccc4C3=O)OC(C)(O)[C@@H]2O1.CC1(C)O[C@@H]2[C@H](COS(C)(=O)=O)OC(C)(O)[C@@H]2O1.O=C1[N-]C(=O)c2ccccc21.[2HH].[K+]. The predicted molar refractivity (Wildman–Crippen MR) is 189 cm³/mol. The molecule has 8 rings (SSSR count). The summed E-state index contributed by atoms with van der Waals surface area (Å²) in [4.78, 5) is 47.9. The van der Waals surface area contributed by atoms with Crippen LogP contribution in [0, 0.1) is 0 Å². The summed E-state index contributed by atoms with van der Waals surface area (Å²) in [5, 5.41) is 23.8. The molecule has 6 heterocycles. The molecule has 2 N–H and O–H groups in total. The number of fused-ring (bicyclic) bond motifs is 4. The Kier molecular flexibility index (Phi) is 13.5. The number of carbonyl (C=O) groups is 4. The number of carbonyl (C=O) groups excluding carboxylic acids is 4. The summed E-state index contributed by atoms with van der Waals surface area (Å²) in [6.07, 6.45) is -2.85. The van der Waals surface area contributed by atoms with Crippen LogP contribution in [0.4, 0.5) is 0 Å². The zero-order valence-corrected chi connectivity index (χ0v) is 34.9. The van der Waals surface area contributed by atoms with Gasteiger partial charge in [0.05, 0.1) is 42.3 Å². The maximum atomic E-state index is 12.5. The fourth-order valence-electron chi connectivity index (χ4n) is 6.95. The third kappa shape index (κ3) is 9.64. The van der Waals surface area contributed by atoms with Crippen LogP contribution in [0.5, 0.6) is 0 Å². The first kappa shape index (κ1) is 45.6. The second kappa shape index (κ2) is 16.3. The van der Waals surface area contributed by atoms with Gasteiger partial charge >= 0.3 is 51.4 Å². The first-order valence-corrected chi connectivity index (χ1v) is 18.5. The Labute approximate surface area is 363 Å². The number of nitrogens with zero attached hydrogens (tertiary/aromatic N) is 2. The molecule has 2 aromatic rings. The summed E-state index contributed by atoms with van der Waals surface area (Å²) in [7, 11) is -3.56. The average molecular weight is 820 g/mol. The minimum absolute atomic E-state index is 0. The Morgan fingerprint density at radius 1 is 0.691 bits per heavy atom. The molecule has 0 aromatic heterocycles. The largest absolute Gasteiger partial charge is 1.00 e. The number of hydrogen-bond donors (Lipinski definition) is 2. The van der Waals surface area contributed by atoms with Crippen molar-refractivity contribution in [3.63, 3.8) is 0 Å². The third-order valence-electron chi connectivity index (χ3n) is 9.10. The Bertz CT molecular complexity index is 1870. The minimum Gasteiger partial charge on any atom is -0.587 e. The van der Waals surface area contributed by atoms with Crippen LogP contribution < -0.4 is 51.4 Å². The summed E-state index contributed by atoms with van der Waals surface area (Å²) in [6.45, 7) is 9.68. The van der Waals surface area contributed by atoms with Crippen molar-refractivity contribution in [1.82, 2.24) is 4.90 Å². The molecule has 8 atom stereocenters. The van der Waals surface area contributed by atoms with Gasteiger partial charge in [0.15, 0.2) is 23.1 Å². The van der Waals surface area contributed by atoms with Gasteiger partial charge in [-0.1, -0.05) is 43.8 Å². The molecule has 6 aliphatic heterocycles. The van der Waals surface area contributed by atoms with Crippen LogP contribution in [0.3, 0.4) is 0 Å². The standard InChI is InChI=1S/C17H19NO6.C10H18O7S.C8H5NO2.CH4.K.H2/c1-16(2)23-12-11(22-17(3,21)13(12)24-16)8-18-14(19)9-6-4-5-7-10(9)15(18)20;1-9(2)16-7-6(5-14-18(4,12)13)15-10(3,11)8(7)17-9;10-7-5-3-1-2-4-6(5)8(11)9-7;;;/h4-7,11-13,21H,8H2,1-3H3;6-8,11H,5H2,1-4H3;1-4H,(H,9,10,11);1H4;;1H/q;;;;+1;/p-1/t11-,12+,13+,17?;6-,7+,8+,10?;;;;/m00..../s1/i;;;;;1+1. The van der Waals surface area contributed by atoms with Gasteiger partial charge in [-0.3, -0.25) is 18.7 Å². The van der Waals surface area contributed by atoms with E-state index in [2.05, 4.69) is 9.50 Å². The van der Waals surface area contributed by atoms with Gasteiger partial charge < -0.3 is 53.5 Å². The molecule has 17 nitrogen and oxygen atoms in total. The number of benzene rings is 2. The molecule has 0 saturated carbocycles. The van der Waals surface area contributed by atoms with Crippen LogP contribution in [0.25, 0.3) is 5.32 Å². The van der Waals surface area contributed by atoms with Crippen LogP contribution in [-0.4, -0.2) is 126 Å². The normalized spacial score (nSPS) is 33.1. The number of hydrogen-bond acceptors (Lipinski definition) is 15. The van der Waals surface area contributed by atoms with E-state index < -0.39 is 81.7 Å². The molecule has 19 heteroatoms. The van der Waals surface area contributed by atoms with Crippen molar-refractivity contribution in [1.29, 1.82) is 0 Å². The number of aliphatic hydroxyl groups is 2. The molecule has 2 unspecified atom stereocenters. The second-order valence-electron chi connectivity index (χ2n) is 14.5. The molecule has 4 fully saturated rings. The minimum atomic E-state index is -3.56. The van der Waals surface area contributed by atoms with Gasteiger partial charge in [-0.15, -0.1) is 0 Å². The summed E-state index contributed by atoms with van der Waals surface area (Å²) < 4.78 is 60.2. The fourth-order valence-corrected chi connectivity index (χ4v) is 7.33. The first-order chi connectivity index (χ1) is 24.5. The molecule has 4 saturated heterocycles. The number of ether oxygens (including phenoxy) is 6. The van der Waals surface area contributed by atoms with Gasteiger partial charge in [0.25, 0.3) is 21.9 Å². The van der Waals surface area contributed by atoms with Crippen LogP contribution in [0.2, 0.25) is 0 Å². The Balaban J connectivity index is 0.000000234. The van der Waals surface area contributed by atoms with Crippen molar-refractivity contribution in [2.24, 2.45) is 0 Å². The molecule has 55 heavy (non-hydrogen) atoms. The fraction of sp³-hybridized carbons (Fsp3) is 0.556. The Morgan fingerprint density at radius 2 is 1.07 bits per heavy atom. The van der Waals surface area contributed by atoms with Gasteiger partial charge in [0.1, 0.15) is 36.6 Å². The molecule has 0 bridgehead atoms. The quantitative estimate of drug-likeness (QED) is 0.225. The van der Waals surface area contributed by atoms with Crippen LogP contribution in [-0.2, 0) is 42.7 Å². The number of rotatable bonds is 5. The molecule has 6 aliphatic rings. The number of amides is 4. The predicted octanol–water partition coefficient (Wildman–Crippen LogP) is -0.260. The number of imide groups is 2. The van der Waals surface area contributed by atoms with Gasteiger partial charge in [-0.2, -0.15) is 8.42 Å². The van der Waals surface area contributed by atoms with E-state index in [1.807, 2.05) is 0 Å². The van der Waals surface area contributed by atoms with Crippen molar-refractivity contribution < 1.29 is 123 Å². The van der Waals surface area contributed by atoms with E-state index in [9.17, 15) is 37.8 Å². The van der Waals surface area contributed by atoms with Crippen LogP contribution >= 0.6 is 0 Å². The Hall–Kier alpha value is -2.05. The van der Waals surface area contributed by atoms with Crippen molar-refractivity contribution in [3.8, 4) is 0 Å². The van der Waals surface area contributed by atoms with Gasteiger partial charge in [0.2, 0.25) is 0 Å². The Morgan fingerprint density at radius 3 is 1.49 bits per heavy atom. The smallest absolute Gasteiger partial charge is 0.587 e. The third-order valence-corrected chi connectivity index (χ3v) is 9.67. The zero-order chi connectivity index (χ0) is 38.9. The van der Waals surface area contributed by atoms with E-state index in [4.69, 9.17) is 28.4 Å². The summed E-state index contributed by atoms with van der Waals surface area (Å²) in [5.41, 5.74) is 1.59. The zero-order valence-electron chi connectivity index (χ0n) is 31.0. The molecule has 4 amide bonds. The maximum absolute atomic E-state index is 12.5. The molecular weight excluding hydrogens is 772 g/mol. The first-order valence-electron chi connectivity index (χ1n) is 16.7. The summed E-state index contributed by atoms with van der Waals surface area (Å²) >= 11 is 0. The topological polar surface area (TPSA) is 225 Å². The van der Waals surface area contributed by atoms with Crippen LogP contribution in [0.1, 0.15) is 91.8 Å². The van der Waals surface area contributed by atoms with Gasteiger partial charge in [0, 0.05) is 12.6 Å². The van der Waals surface area contributed by atoms with Crippen molar-refractivity contribution in [2.45, 2.75) is 109 Å². The van der Waals surface area contributed by atoms with Gasteiger partial charge in [-0.05, 0) is 53.7 Å². The summed E-state index contributed by atoms with van der Waals surface area (Å²) in [5.74, 6) is -6.33. The van der Waals surface area contributed by atoms with Crippen molar-refractivity contribution in [2.75, 3.05) is 19.4 Å². The molecule has 0 spiro atoms. The van der Waals surface area contributed by atoms with E-state index in [1.165, 1.54) is 13.8 Å². The van der Waals surface area contributed by atoms with Gasteiger partial charge in [-0.25, -0.2) is 0 Å². The second-order valence-corrected chi connectivity index (χ2v) is 16.1.